The molecule has 0 spiro atoms. The highest BCUT2D eigenvalue weighted by atomic mass is 35.5. The zero-order chi connectivity index (χ0) is 13.3. The van der Waals surface area contributed by atoms with Crippen LogP contribution in [0.25, 0.3) is 0 Å². The molecule has 1 aliphatic heterocycles. The Balaban J connectivity index is 2.41. The number of benzene rings is 1. The fraction of sp³-hybridized carbons (Fsp3) is 0.357. The van der Waals surface area contributed by atoms with Crippen LogP contribution < -0.4 is 9.64 Å². The molecule has 3 nitrogen and oxygen atoms in total. The number of nitrogens with zero attached hydrogens (tertiary/aromatic N) is 1. The molecule has 1 aliphatic rings. The molecule has 0 saturated carbocycles. The van der Waals surface area contributed by atoms with Gasteiger partial charge >= 0.3 is 0 Å². The monoisotopic (exact) mass is 265 g/mol. The summed E-state index contributed by atoms with van der Waals surface area (Å²) in [6, 6.07) is 3.64. The Morgan fingerprint density at radius 3 is 2.83 bits per heavy atom. The van der Waals surface area contributed by atoms with E-state index in [0.717, 1.165) is 11.3 Å². The standard InChI is InChI=1S/C14H16ClNO2/c1-4-10-6-14(17)16(8-10)12-5-9(2)11(15)7-13(12)18-3/h4-5,7,10H,1,6,8H2,2-3H3. The van der Waals surface area contributed by atoms with Gasteiger partial charge in [0, 0.05) is 30.0 Å². The Bertz CT molecular complexity index is 499. The Kier molecular flexibility index (Phi) is 3.62. The van der Waals surface area contributed by atoms with Crippen molar-refractivity contribution in [3.63, 3.8) is 0 Å². The molecule has 2 rings (SSSR count). The van der Waals surface area contributed by atoms with Gasteiger partial charge < -0.3 is 9.64 Å². The molecular weight excluding hydrogens is 250 g/mol. The first-order valence-electron chi connectivity index (χ1n) is 5.84. The summed E-state index contributed by atoms with van der Waals surface area (Å²) >= 11 is 6.06. The Hall–Kier alpha value is -1.48. The molecule has 1 fully saturated rings. The third-order valence-electron chi connectivity index (χ3n) is 3.24. The second-order valence-electron chi connectivity index (χ2n) is 4.48. The van der Waals surface area contributed by atoms with Crippen molar-refractivity contribution in [3.8, 4) is 5.75 Å². The zero-order valence-electron chi connectivity index (χ0n) is 10.6. The van der Waals surface area contributed by atoms with E-state index in [1.807, 2.05) is 19.1 Å². The first kappa shape index (κ1) is 13.0. The minimum absolute atomic E-state index is 0.0972. The number of carbonyl (C=O) groups excluding carboxylic acids is 1. The van der Waals surface area contributed by atoms with Gasteiger partial charge in [0.1, 0.15) is 5.75 Å². The lowest BCUT2D eigenvalue weighted by molar-refractivity contribution is -0.117. The molecule has 0 radical (unpaired) electrons. The maximum atomic E-state index is 12.0. The van der Waals surface area contributed by atoms with Crippen molar-refractivity contribution in [3.05, 3.63) is 35.4 Å². The maximum absolute atomic E-state index is 12.0. The highest BCUT2D eigenvalue weighted by Gasteiger charge is 2.30. The summed E-state index contributed by atoms with van der Waals surface area (Å²) < 4.78 is 5.31. The number of hydrogen-bond donors (Lipinski definition) is 0. The smallest absolute Gasteiger partial charge is 0.227 e. The second kappa shape index (κ2) is 5.02. The molecular formula is C14H16ClNO2. The number of aryl methyl sites for hydroxylation is 1. The van der Waals surface area contributed by atoms with E-state index in [-0.39, 0.29) is 11.8 Å². The quantitative estimate of drug-likeness (QED) is 0.786. The summed E-state index contributed by atoms with van der Waals surface area (Å²) in [6.07, 6.45) is 2.33. The topological polar surface area (TPSA) is 29.5 Å². The first-order valence-corrected chi connectivity index (χ1v) is 6.21. The van der Waals surface area contributed by atoms with Crippen molar-refractivity contribution in [2.45, 2.75) is 13.3 Å². The molecule has 18 heavy (non-hydrogen) atoms. The van der Waals surface area contributed by atoms with Crippen LogP contribution in [-0.2, 0) is 4.79 Å². The molecule has 1 atom stereocenters. The SMILES string of the molecule is C=CC1CC(=O)N(c2cc(C)c(Cl)cc2OC)C1. The average Bonchev–Trinajstić information content (AvgIpc) is 2.73. The predicted molar refractivity (Wildman–Crippen MR) is 73.4 cm³/mol. The third-order valence-corrected chi connectivity index (χ3v) is 3.65. The lowest BCUT2D eigenvalue weighted by Crippen LogP contribution is -2.25. The van der Waals surface area contributed by atoms with E-state index in [4.69, 9.17) is 16.3 Å². The molecule has 0 N–H and O–H groups in total. The maximum Gasteiger partial charge on any atom is 0.227 e. The molecule has 0 bridgehead atoms. The van der Waals surface area contributed by atoms with Gasteiger partial charge in [0.05, 0.1) is 12.8 Å². The number of ether oxygens (including phenoxy) is 1. The molecule has 1 amide bonds. The number of anilines is 1. The highest BCUT2D eigenvalue weighted by molar-refractivity contribution is 6.31. The summed E-state index contributed by atoms with van der Waals surface area (Å²) in [5, 5.41) is 0.641. The molecule has 0 aliphatic carbocycles. The van der Waals surface area contributed by atoms with E-state index < -0.39 is 0 Å². The molecule has 96 valence electrons. The molecule has 1 unspecified atom stereocenters. The van der Waals surface area contributed by atoms with Crippen LogP contribution in [0.2, 0.25) is 5.02 Å². The van der Waals surface area contributed by atoms with Crippen molar-refractivity contribution in [2.24, 2.45) is 5.92 Å². The van der Waals surface area contributed by atoms with Gasteiger partial charge in [-0.25, -0.2) is 0 Å². The second-order valence-corrected chi connectivity index (χ2v) is 4.88. The summed E-state index contributed by atoms with van der Waals surface area (Å²) in [6.45, 7) is 6.31. The zero-order valence-corrected chi connectivity index (χ0v) is 11.3. The Morgan fingerprint density at radius 1 is 1.56 bits per heavy atom. The molecule has 4 heteroatoms. The van der Waals surface area contributed by atoms with Crippen LogP contribution in [0, 0.1) is 12.8 Å². The average molecular weight is 266 g/mol. The van der Waals surface area contributed by atoms with Crippen LogP contribution >= 0.6 is 11.6 Å². The fourth-order valence-corrected chi connectivity index (χ4v) is 2.30. The molecule has 0 aromatic heterocycles. The number of hydrogen-bond acceptors (Lipinski definition) is 2. The van der Waals surface area contributed by atoms with E-state index >= 15 is 0 Å². The van der Waals surface area contributed by atoms with E-state index in [2.05, 4.69) is 6.58 Å². The fourth-order valence-electron chi connectivity index (χ4n) is 2.15. The predicted octanol–water partition coefficient (Wildman–Crippen LogP) is 3.20. The largest absolute Gasteiger partial charge is 0.495 e. The van der Waals surface area contributed by atoms with Crippen LogP contribution in [0.15, 0.2) is 24.8 Å². The van der Waals surface area contributed by atoms with E-state index in [0.29, 0.717) is 23.7 Å². The van der Waals surface area contributed by atoms with Gasteiger partial charge in [-0.1, -0.05) is 17.7 Å². The van der Waals surface area contributed by atoms with Gasteiger partial charge in [0.25, 0.3) is 0 Å². The normalized spacial score (nSPS) is 19.2. The Morgan fingerprint density at radius 2 is 2.28 bits per heavy atom. The van der Waals surface area contributed by atoms with Gasteiger partial charge in [0.2, 0.25) is 5.91 Å². The molecule has 1 saturated heterocycles. The molecule has 1 aromatic rings. The summed E-state index contributed by atoms with van der Waals surface area (Å²) in [4.78, 5) is 13.7. The van der Waals surface area contributed by atoms with Crippen LogP contribution in [0.5, 0.6) is 5.75 Å². The van der Waals surface area contributed by atoms with Gasteiger partial charge in [-0.15, -0.1) is 6.58 Å². The van der Waals surface area contributed by atoms with Crippen LogP contribution in [0.3, 0.4) is 0 Å². The summed E-state index contributed by atoms with van der Waals surface area (Å²) in [7, 11) is 1.58. The van der Waals surface area contributed by atoms with Crippen molar-refractivity contribution < 1.29 is 9.53 Å². The minimum Gasteiger partial charge on any atom is -0.495 e. The lowest BCUT2D eigenvalue weighted by Gasteiger charge is -2.20. The first-order chi connectivity index (χ1) is 8.56. The van der Waals surface area contributed by atoms with E-state index in [1.54, 1.807) is 18.1 Å². The lowest BCUT2D eigenvalue weighted by atomic mass is 10.1. The van der Waals surface area contributed by atoms with Crippen LogP contribution in [0.4, 0.5) is 5.69 Å². The minimum atomic E-state index is 0.0972. The summed E-state index contributed by atoms with van der Waals surface area (Å²) in [5.74, 6) is 0.932. The number of rotatable bonds is 3. The number of halogens is 1. The van der Waals surface area contributed by atoms with Crippen molar-refractivity contribution in [2.75, 3.05) is 18.6 Å². The van der Waals surface area contributed by atoms with E-state index in [9.17, 15) is 4.79 Å². The molecule has 1 aromatic carbocycles. The number of carbonyl (C=O) groups is 1. The van der Waals surface area contributed by atoms with Gasteiger partial charge in [-0.3, -0.25) is 4.79 Å². The van der Waals surface area contributed by atoms with Gasteiger partial charge in [-0.05, 0) is 18.6 Å². The van der Waals surface area contributed by atoms with Crippen LogP contribution in [-0.4, -0.2) is 19.6 Å². The van der Waals surface area contributed by atoms with E-state index in [1.165, 1.54) is 0 Å². The van der Waals surface area contributed by atoms with Crippen molar-refractivity contribution >= 4 is 23.2 Å². The number of methoxy groups -OCH3 is 1. The van der Waals surface area contributed by atoms with Crippen LogP contribution in [0.1, 0.15) is 12.0 Å². The summed E-state index contributed by atoms with van der Waals surface area (Å²) in [5.41, 5.74) is 1.72. The van der Waals surface area contributed by atoms with Crippen molar-refractivity contribution in [1.82, 2.24) is 0 Å². The van der Waals surface area contributed by atoms with Gasteiger partial charge in [0.15, 0.2) is 0 Å². The van der Waals surface area contributed by atoms with Crippen molar-refractivity contribution in [1.29, 1.82) is 0 Å². The third kappa shape index (κ3) is 2.23. The Labute approximate surface area is 112 Å². The van der Waals surface area contributed by atoms with Gasteiger partial charge in [-0.2, -0.15) is 0 Å². The molecule has 1 heterocycles. The highest BCUT2D eigenvalue weighted by Crippen LogP contribution is 2.36. The number of amides is 1.